The van der Waals surface area contributed by atoms with Crippen LogP contribution in [-0.2, 0) is 20.9 Å². The maximum Gasteiger partial charge on any atom is 0.305 e. The van der Waals surface area contributed by atoms with Crippen molar-refractivity contribution in [3.63, 3.8) is 0 Å². The lowest BCUT2D eigenvalue weighted by molar-refractivity contribution is -0.137. The van der Waals surface area contributed by atoms with Gasteiger partial charge in [-0.15, -0.1) is 0 Å². The van der Waals surface area contributed by atoms with Crippen molar-refractivity contribution in [3.8, 4) is 0 Å². The zero-order valence-electron chi connectivity index (χ0n) is 9.55. The van der Waals surface area contributed by atoms with Gasteiger partial charge in [0, 0.05) is 7.11 Å². The molecule has 0 saturated carbocycles. The standard InChI is InChI=1S/C12H15NO4/c1-17-7-9-2-4-10(5-3-9)11(13-8-14)6-12(15)16/h2-5,8,11H,6-7H2,1H3,(H,13,14)(H,15,16). The predicted octanol–water partition coefficient (Wildman–Crippen LogP) is 1.09. The number of carbonyl (C=O) groups is 2. The van der Waals surface area contributed by atoms with Crippen molar-refractivity contribution in [1.29, 1.82) is 0 Å². The Morgan fingerprint density at radius 3 is 2.59 bits per heavy atom. The molecule has 0 heterocycles. The largest absolute Gasteiger partial charge is 0.481 e. The number of carbonyl (C=O) groups excluding carboxylic acids is 1. The van der Waals surface area contributed by atoms with Crippen molar-refractivity contribution >= 4 is 12.4 Å². The monoisotopic (exact) mass is 237 g/mol. The van der Waals surface area contributed by atoms with Crippen molar-refractivity contribution in [2.24, 2.45) is 0 Å². The maximum atomic E-state index is 10.7. The summed E-state index contributed by atoms with van der Waals surface area (Å²) in [7, 11) is 1.61. The highest BCUT2D eigenvalue weighted by atomic mass is 16.5. The highest BCUT2D eigenvalue weighted by molar-refractivity contribution is 5.68. The van der Waals surface area contributed by atoms with Crippen LogP contribution >= 0.6 is 0 Å². The van der Waals surface area contributed by atoms with Crippen LogP contribution in [0.2, 0.25) is 0 Å². The fourth-order valence-corrected chi connectivity index (χ4v) is 1.54. The van der Waals surface area contributed by atoms with Crippen LogP contribution in [0.15, 0.2) is 24.3 Å². The number of hydrogen-bond donors (Lipinski definition) is 2. The molecule has 1 aromatic carbocycles. The fourth-order valence-electron chi connectivity index (χ4n) is 1.54. The van der Waals surface area contributed by atoms with Gasteiger partial charge in [0.05, 0.1) is 19.1 Å². The number of rotatable bonds is 7. The number of benzene rings is 1. The van der Waals surface area contributed by atoms with Crippen LogP contribution in [0.1, 0.15) is 23.6 Å². The first-order valence-electron chi connectivity index (χ1n) is 5.16. The van der Waals surface area contributed by atoms with Gasteiger partial charge >= 0.3 is 5.97 Å². The van der Waals surface area contributed by atoms with Gasteiger partial charge in [0.1, 0.15) is 0 Å². The van der Waals surface area contributed by atoms with Crippen LogP contribution in [0.4, 0.5) is 0 Å². The predicted molar refractivity (Wildman–Crippen MR) is 61.3 cm³/mol. The minimum atomic E-state index is -0.953. The van der Waals surface area contributed by atoms with Gasteiger partial charge in [-0.3, -0.25) is 9.59 Å². The highest BCUT2D eigenvalue weighted by Crippen LogP contribution is 2.17. The van der Waals surface area contributed by atoms with Crippen molar-refractivity contribution in [2.45, 2.75) is 19.1 Å². The van der Waals surface area contributed by atoms with Crippen LogP contribution in [-0.4, -0.2) is 24.6 Å². The molecule has 17 heavy (non-hydrogen) atoms. The third kappa shape index (κ3) is 4.24. The van der Waals surface area contributed by atoms with Gasteiger partial charge in [-0.25, -0.2) is 0 Å². The fraction of sp³-hybridized carbons (Fsp3) is 0.333. The van der Waals surface area contributed by atoms with E-state index in [4.69, 9.17) is 9.84 Å². The van der Waals surface area contributed by atoms with Crippen molar-refractivity contribution < 1.29 is 19.4 Å². The summed E-state index contributed by atoms with van der Waals surface area (Å²) in [5.74, 6) is -0.953. The van der Waals surface area contributed by atoms with Gasteiger partial charge in [0.15, 0.2) is 0 Å². The number of aliphatic carboxylic acids is 1. The van der Waals surface area contributed by atoms with Gasteiger partial charge in [0.25, 0.3) is 0 Å². The summed E-state index contributed by atoms with van der Waals surface area (Å²) < 4.78 is 4.97. The molecule has 1 rings (SSSR count). The molecule has 1 aromatic rings. The molecule has 0 aliphatic rings. The van der Waals surface area contributed by atoms with Crippen molar-refractivity contribution in [2.75, 3.05) is 7.11 Å². The molecule has 0 fully saturated rings. The topological polar surface area (TPSA) is 75.6 Å². The summed E-state index contributed by atoms with van der Waals surface area (Å²) in [5.41, 5.74) is 1.76. The first kappa shape index (κ1) is 13.2. The minimum absolute atomic E-state index is 0.137. The van der Waals surface area contributed by atoms with Crippen LogP contribution in [0.3, 0.4) is 0 Å². The molecule has 0 spiro atoms. The number of methoxy groups -OCH3 is 1. The number of nitrogens with one attached hydrogen (secondary N) is 1. The van der Waals surface area contributed by atoms with E-state index in [9.17, 15) is 9.59 Å². The molecular weight excluding hydrogens is 222 g/mol. The summed E-state index contributed by atoms with van der Waals surface area (Å²) in [6.45, 7) is 0.505. The Hall–Kier alpha value is -1.88. The summed E-state index contributed by atoms with van der Waals surface area (Å²) in [4.78, 5) is 21.1. The van der Waals surface area contributed by atoms with Crippen LogP contribution in [0.25, 0.3) is 0 Å². The summed E-state index contributed by atoms with van der Waals surface area (Å²) in [6, 6.07) is 6.78. The van der Waals surface area contributed by atoms with E-state index in [1.807, 2.05) is 12.1 Å². The van der Waals surface area contributed by atoms with E-state index in [-0.39, 0.29) is 6.42 Å². The molecule has 0 aliphatic carbocycles. The third-order valence-corrected chi connectivity index (χ3v) is 2.34. The molecule has 2 N–H and O–H groups in total. The van der Waals surface area contributed by atoms with Gasteiger partial charge in [-0.2, -0.15) is 0 Å². The highest BCUT2D eigenvalue weighted by Gasteiger charge is 2.14. The first-order chi connectivity index (χ1) is 8.17. The lowest BCUT2D eigenvalue weighted by Gasteiger charge is -2.14. The SMILES string of the molecule is COCc1ccc(C(CC(=O)O)NC=O)cc1. The summed E-state index contributed by atoms with van der Waals surface area (Å²) >= 11 is 0. The van der Waals surface area contributed by atoms with E-state index in [1.54, 1.807) is 19.2 Å². The van der Waals surface area contributed by atoms with E-state index in [1.165, 1.54) is 0 Å². The first-order valence-corrected chi connectivity index (χ1v) is 5.16. The van der Waals surface area contributed by atoms with E-state index < -0.39 is 12.0 Å². The molecule has 0 aliphatic heterocycles. The molecule has 0 bridgehead atoms. The Bertz CT molecular complexity index is 375. The molecule has 0 saturated heterocycles. The third-order valence-electron chi connectivity index (χ3n) is 2.34. The average Bonchev–Trinajstić information content (AvgIpc) is 2.29. The maximum absolute atomic E-state index is 10.7. The lowest BCUT2D eigenvalue weighted by atomic mass is 10.0. The Morgan fingerprint density at radius 1 is 1.47 bits per heavy atom. The molecule has 0 aromatic heterocycles. The molecule has 1 unspecified atom stereocenters. The zero-order chi connectivity index (χ0) is 12.7. The molecule has 0 radical (unpaired) electrons. The molecule has 5 heteroatoms. The molecule has 5 nitrogen and oxygen atoms in total. The normalized spacial score (nSPS) is 11.8. The van der Waals surface area contributed by atoms with E-state index in [0.717, 1.165) is 11.1 Å². The Kier molecular flexibility index (Phi) is 5.16. The minimum Gasteiger partial charge on any atom is -0.481 e. The second kappa shape index (κ2) is 6.65. The van der Waals surface area contributed by atoms with Crippen LogP contribution in [0.5, 0.6) is 0 Å². The van der Waals surface area contributed by atoms with Crippen LogP contribution in [0, 0.1) is 0 Å². The smallest absolute Gasteiger partial charge is 0.305 e. The zero-order valence-corrected chi connectivity index (χ0v) is 9.55. The lowest BCUT2D eigenvalue weighted by Crippen LogP contribution is -2.22. The summed E-state index contributed by atoms with van der Waals surface area (Å²) in [6.07, 6.45) is 0.374. The van der Waals surface area contributed by atoms with Gasteiger partial charge in [-0.1, -0.05) is 24.3 Å². The number of amides is 1. The number of hydrogen-bond acceptors (Lipinski definition) is 3. The summed E-state index contributed by atoms with van der Waals surface area (Å²) in [5, 5.41) is 11.2. The van der Waals surface area contributed by atoms with E-state index >= 15 is 0 Å². The van der Waals surface area contributed by atoms with Gasteiger partial charge in [0.2, 0.25) is 6.41 Å². The van der Waals surface area contributed by atoms with Crippen LogP contribution < -0.4 is 5.32 Å². The second-order valence-corrected chi connectivity index (χ2v) is 3.61. The molecule has 1 amide bonds. The molecular formula is C12H15NO4. The molecule has 92 valence electrons. The quantitative estimate of drug-likeness (QED) is 0.696. The van der Waals surface area contributed by atoms with Gasteiger partial charge < -0.3 is 15.2 Å². The molecule has 1 atom stereocenters. The van der Waals surface area contributed by atoms with Gasteiger partial charge in [-0.05, 0) is 11.1 Å². The number of carboxylic acids is 1. The van der Waals surface area contributed by atoms with Crippen molar-refractivity contribution in [3.05, 3.63) is 35.4 Å². The average molecular weight is 237 g/mol. The second-order valence-electron chi connectivity index (χ2n) is 3.61. The number of ether oxygens (including phenoxy) is 1. The Labute approximate surface area is 99.4 Å². The Morgan fingerprint density at radius 2 is 2.12 bits per heavy atom. The van der Waals surface area contributed by atoms with Crippen molar-refractivity contribution in [1.82, 2.24) is 5.32 Å². The number of carboxylic acid groups (broad SMARTS) is 1. The van der Waals surface area contributed by atoms with E-state index in [0.29, 0.717) is 13.0 Å². The van der Waals surface area contributed by atoms with E-state index in [2.05, 4.69) is 5.32 Å². The Balaban J connectivity index is 2.79.